The second kappa shape index (κ2) is 8.85. The number of aliphatic hydroxyl groups excluding tert-OH is 1. The number of fused-ring (bicyclic) bond motifs is 1. The first-order valence-corrected chi connectivity index (χ1v) is 9.61. The van der Waals surface area contributed by atoms with Crippen LogP contribution in [0.5, 0.6) is 5.75 Å². The zero-order chi connectivity index (χ0) is 22.7. The van der Waals surface area contributed by atoms with Gasteiger partial charge in [-0.3, -0.25) is 15.2 Å². The number of hydrogen-bond donors (Lipinski definition) is 5. The smallest absolute Gasteiger partial charge is 0.417 e. The highest BCUT2D eigenvalue weighted by Crippen LogP contribution is 2.30. The van der Waals surface area contributed by atoms with Crippen molar-refractivity contribution in [1.29, 1.82) is 0 Å². The second-order valence-corrected chi connectivity index (χ2v) is 6.96. The molecule has 1 atom stereocenters. The van der Waals surface area contributed by atoms with E-state index in [1.165, 1.54) is 6.07 Å². The number of benzene rings is 1. The molecule has 1 aliphatic rings. The van der Waals surface area contributed by atoms with E-state index in [1.54, 1.807) is 24.4 Å². The van der Waals surface area contributed by atoms with Gasteiger partial charge in [-0.15, -0.1) is 0 Å². The van der Waals surface area contributed by atoms with Crippen molar-refractivity contribution in [1.82, 2.24) is 25.8 Å². The summed E-state index contributed by atoms with van der Waals surface area (Å²) in [6.07, 6.45) is -3.34. The van der Waals surface area contributed by atoms with Crippen LogP contribution in [-0.2, 0) is 12.7 Å². The van der Waals surface area contributed by atoms with Crippen LogP contribution in [0.3, 0.4) is 0 Å². The van der Waals surface area contributed by atoms with Crippen molar-refractivity contribution in [3.05, 3.63) is 59.4 Å². The monoisotopic (exact) mass is 448 g/mol. The van der Waals surface area contributed by atoms with Gasteiger partial charge in [-0.2, -0.15) is 18.3 Å². The zero-order valence-electron chi connectivity index (χ0n) is 16.5. The number of rotatable bonds is 7. The molecule has 1 unspecified atom stereocenters. The first-order chi connectivity index (χ1) is 15.3. The van der Waals surface area contributed by atoms with Gasteiger partial charge in [0.25, 0.3) is 12.3 Å². The third kappa shape index (κ3) is 4.81. The minimum Gasteiger partial charge on any atom is -0.446 e. The number of alkyl halides is 3. The summed E-state index contributed by atoms with van der Waals surface area (Å²) in [5, 5.41) is 24.9. The molecular weight excluding hydrogens is 429 g/mol. The summed E-state index contributed by atoms with van der Waals surface area (Å²) in [5.41, 5.74) is 1.80. The van der Waals surface area contributed by atoms with Crippen molar-refractivity contribution in [2.24, 2.45) is 0 Å². The number of nitrogens with one attached hydrogen (secondary N) is 4. The van der Waals surface area contributed by atoms with Gasteiger partial charge in [0.05, 0.1) is 23.0 Å². The summed E-state index contributed by atoms with van der Waals surface area (Å²) in [6, 6.07) is 7.26. The molecule has 0 bridgehead atoms. The van der Waals surface area contributed by atoms with Gasteiger partial charge in [0, 0.05) is 37.0 Å². The molecule has 0 aliphatic carbocycles. The molecule has 168 valence electrons. The van der Waals surface area contributed by atoms with Crippen LogP contribution >= 0.6 is 0 Å². The Morgan fingerprint density at radius 1 is 1.16 bits per heavy atom. The number of ether oxygens (including phenoxy) is 1. The average Bonchev–Trinajstić information content (AvgIpc) is 3.21. The largest absolute Gasteiger partial charge is 0.446 e. The molecule has 3 aromatic rings. The van der Waals surface area contributed by atoms with E-state index in [4.69, 9.17) is 4.74 Å². The minimum absolute atomic E-state index is 0.284. The Morgan fingerprint density at radius 3 is 2.75 bits per heavy atom. The standard InChI is InChI=1S/C20H19F3N6O3/c21-20(22,23)13-2-4-16(26-10-13)25-6-5-24-8-12-9-27-29-17(12)11-1-3-15-14(7-11)18(30)28-19(31)32-15/h1-4,7,9-10,19,24,31H,5-6,8H2,(H,25,26)(H,27,29)(H,28,30). The number of nitrogens with zero attached hydrogens (tertiary/aromatic N) is 2. The molecule has 0 spiro atoms. The summed E-state index contributed by atoms with van der Waals surface area (Å²) < 4.78 is 42.9. The van der Waals surface area contributed by atoms with Gasteiger partial charge in [-0.1, -0.05) is 0 Å². The molecule has 4 rings (SSSR count). The molecule has 0 saturated heterocycles. The fourth-order valence-corrected chi connectivity index (χ4v) is 3.17. The Hall–Kier alpha value is -3.64. The lowest BCUT2D eigenvalue weighted by Gasteiger charge is -2.22. The number of pyridine rings is 1. The highest BCUT2D eigenvalue weighted by Gasteiger charge is 2.30. The van der Waals surface area contributed by atoms with E-state index >= 15 is 0 Å². The molecular formula is C20H19F3N6O3. The Balaban J connectivity index is 1.31. The van der Waals surface area contributed by atoms with Crippen LogP contribution in [0, 0.1) is 0 Å². The molecule has 1 amide bonds. The fourth-order valence-electron chi connectivity index (χ4n) is 3.17. The van der Waals surface area contributed by atoms with Crippen molar-refractivity contribution in [3.8, 4) is 17.0 Å². The number of hydrogen-bond acceptors (Lipinski definition) is 7. The second-order valence-electron chi connectivity index (χ2n) is 6.96. The van der Waals surface area contributed by atoms with E-state index < -0.39 is 24.1 Å². The third-order valence-electron chi connectivity index (χ3n) is 4.74. The number of anilines is 1. The lowest BCUT2D eigenvalue weighted by Crippen LogP contribution is -2.43. The van der Waals surface area contributed by atoms with Crippen LogP contribution in [0.15, 0.2) is 42.7 Å². The number of carbonyl (C=O) groups excluding carboxylic acids is 1. The number of carbonyl (C=O) groups is 1. The molecule has 0 radical (unpaired) electrons. The molecule has 0 fully saturated rings. The number of halogens is 3. The minimum atomic E-state index is -4.41. The summed E-state index contributed by atoms with van der Waals surface area (Å²) in [7, 11) is 0. The first kappa shape index (κ1) is 21.6. The van der Waals surface area contributed by atoms with Crippen LogP contribution in [-0.4, -0.2) is 45.7 Å². The normalized spacial score (nSPS) is 15.6. The van der Waals surface area contributed by atoms with Gasteiger partial charge in [-0.25, -0.2) is 4.98 Å². The topological polar surface area (TPSA) is 124 Å². The molecule has 9 nitrogen and oxygen atoms in total. The number of aromatic nitrogens is 3. The lowest BCUT2D eigenvalue weighted by atomic mass is 10.0. The Kier molecular flexibility index (Phi) is 5.97. The number of H-pyrrole nitrogens is 1. The maximum absolute atomic E-state index is 12.6. The summed E-state index contributed by atoms with van der Waals surface area (Å²) in [5.74, 6) is 0.193. The quantitative estimate of drug-likeness (QED) is 0.351. The van der Waals surface area contributed by atoms with Crippen LogP contribution < -0.4 is 20.7 Å². The maximum Gasteiger partial charge on any atom is 0.417 e. The molecule has 12 heteroatoms. The van der Waals surface area contributed by atoms with Crippen LogP contribution in [0.2, 0.25) is 0 Å². The molecule has 3 heterocycles. The predicted molar refractivity (Wildman–Crippen MR) is 108 cm³/mol. The van der Waals surface area contributed by atoms with Gasteiger partial charge in [0.15, 0.2) is 0 Å². The third-order valence-corrected chi connectivity index (χ3v) is 4.74. The van der Waals surface area contributed by atoms with Crippen LogP contribution in [0.1, 0.15) is 21.5 Å². The number of aromatic amines is 1. The summed E-state index contributed by atoms with van der Waals surface area (Å²) >= 11 is 0. The van der Waals surface area contributed by atoms with Crippen LogP contribution in [0.25, 0.3) is 11.3 Å². The van der Waals surface area contributed by atoms with E-state index in [9.17, 15) is 23.1 Å². The Morgan fingerprint density at radius 2 is 2.00 bits per heavy atom. The highest BCUT2D eigenvalue weighted by atomic mass is 19.4. The van der Waals surface area contributed by atoms with Gasteiger partial charge < -0.3 is 20.5 Å². The van der Waals surface area contributed by atoms with E-state index in [0.717, 1.165) is 29.1 Å². The van der Waals surface area contributed by atoms with Crippen molar-refractivity contribution >= 4 is 11.7 Å². The predicted octanol–water partition coefficient (Wildman–Crippen LogP) is 2.09. The van der Waals surface area contributed by atoms with Crippen molar-refractivity contribution < 1.29 is 27.8 Å². The number of amides is 1. The maximum atomic E-state index is 12.6. The molecule has 1 aliphatic heterocycles. The van der Waals surface area contributed by atoms with Gasteiger partial charge >= 0.3 is 6.18 Å². The number of aliphatic hydroxyl groups is 1. The zero-order valence-corrected chi connectivity index (χ0v) is 16.5. The first-order valence-electron chi connectivity index (χ1n) is 9.61. The van der Waals surface area contributed by atoms with Crippen molar-refractivity contribution in [2.75, 3.05) is 18.4 Å². The lowest BCUT2D eigenvalue weighted by molar-refractivity contribution is -0.137. The Bertz CT molecular complexity index is 1100. The fraction of sp³-hybridized carbons (Fsp3) is 0.250. The molecule has 5 N–H and O–H groups in total. The van der Waals surface area contributed by atoms with E-state index in [1.807, 2.05) is 0 Å². The van der Waals surface area contributed by atoms with Gasteiger partial charge in [-0.05, 0) is 30.3 Å². The Labute approximate surface area is 180 Å². The van der Waals surface area contributed by atoms with Crippen molar-refractivity contribution in [3.63, 3.8) is 0 Å². The molecule has 0 saturated carbocycles. The van der Waals surface area contributed by atoms with Gasteiger partial charge in [0.2, 0.25) is 0 Å². The highest BCUT2D eigenvalue weighted by molar-refractivity contribution is 5.99. The molecule has 1 aromatic carbocycles. The molecule has 2 aromatic heterocycles. The van der Waals surface area contributed by atoms with Gasteiger partial charge in [0.1, 0.15) is 11.6 Å². The summed E-state index contributed by atoms with van der Waals surface area (Å²) in [4.78, 5) is 15.8. The molecule has 32 heavy (non-hydrogen) atoms. The van der Waals surface area contributed by atoms with E-state index in [0.29, 0.717) is 31.0 Å². The summed E-state index contributed by atoms with van der Waals surface area (Å²) in [6.45, 7) is 1.43. The van der Waals surface area contributed by atoms with Crippen molar-refractivity contribution in [2.45, 2.75) is 19.1 Å². The van der Waals surface area contributed by atoms with E-state index in [-0.39, 0.29) is 5.75 Å². The SMILES string of the molecule is O=C1NC(O)Oc2ccc(-c3[nH]ncc3CNCCNc3ccc(C(F)(F)F)cn3)cc21. The average molecular weight is 448 g/mol. The van der Waals surface area contributed by atoms with Crippen LogP contribution in [0.4, 0.5) is 19.0 Å². The van der Waals surface area contributed by atoms with E-state index in [2.05, 4.69) is 31.1 Å².